The summed E-state index contributed by atoms with van der Waals surface area (Å²) < 4.78 is 34.3. The Bertz CT molecular complexity index is 1510. The first-order chi connectivity index (χ1) is 20.3. The molecule has 3 atom stereocenters. The molecular weight excluding hydrogens is 560 g/mol. The molecule has 1 aromatic heterocycles. The lowest BCUT2D eigenvalue weighted by molar-refractivity contribution is -0.143. The third-order valence-corrected chi connectivity index (χ3v) is 7.41. The SMILES string of the molecule is CNC(C)C(=O)NC(C(=O)N1CCCC1C(=O)Nc1nc(Nc2c(F)cccc2F)c2ccc(OC)cc2n1)C(C)(C)C. The summed E-state index contributed by atoms with van der Waals surface area (Å²) in [6.07, 6.45) is 0.971. The summed E-state index contributed by atoms with van der Waals surface area (Å²) in [5.41, 5.74) is -0.698. The van der Waals surface area contributed by atoms with Gasteiger partial charge in [-0.05, 0) is 56.5 Å². The first kappa shape index (κ1) is 31.5. The molecule has 1 aliphatic rings. The molecule has 2 heterocycles. The highest BCUT2D eigenvalue weighted by atomic mass is 19.1. The molecule has 0 aliphatic carbocycles. The zero-order valence-electron chi connectivity index (χ0n) is 25.0. The van der Waals surface area contributed by atoms with Crippen LogP contribution < -0.4 is 26.0 Å². The van der Waals surface area contributed by atoms with Crippen LogP contribution in [0.4, 0.5) is 26.2 Å². The maximum atomic E-state index is 14.5. The van der Waals surface area contributed by atoms with E-state index in [0.29, 0.717) is 36.0 Å². The van der Waals surface area contributed by atoms with Gasteiger partial charge < -0.3 is 25.6 Å². The highest BCUT2D eigenvalue weighted by molar-refractivity contribution is 6.00. The molecule has 43 heavy (non-hydrogen) atoms. The fourth-order valence-electron chi connectivity index (χ4n) is 4.83. The number of carbonyl (C=O) groups excluding carboxylic acids is 3. The van der Waals surface area contributed by atoms with Gasteiger partial charge in [0, 0.05) is 18.0 Å². The fraction of sp³-hybridized carbons (Fsp3) is 0.433. The lowest BCUT2D eigenvalue weighted by atomic mass is 9.85. The molecule has 0 radical (unpaired) electrons. The number of likely N-dealkylation sites (tertiary alicyclic amines) is 1. The molecule has 3 aromatic rings. The van der Waals surface area contributed by atoms with Gasteiger partial charge in [-0.15, -0.1) is 0 Å². The number of likely N-dealkylation sites (N-methyl/N-ethyl adjacent to an activating group) is 1. The number of benzene rings is 2. The maximum absolute atomic E-state index is 14.5. The lowest BCUT2D eigenvalue weighted by Crippen LogP contribution is -2.59. The topological polar surface area (TPSA) is 138 Å². The number of aromatic nitrogens is 2. The number of halogens is 2. The van der Waals surface area contributed by atoms with Gasteiger partial charge in [0.1, 0.15) is 41.0 Å². The molecule has 0 spiro atoms. The summed E-state index contributed by atoms with van der Waals surface area (Å²) in [4.78, 5) is 50.3. The Morgan fingerprint density at radius 2 is 1.79 bits per heavy atom. The molecule has 3 amide bonds. The Balaban J connectivity index is 1.63. The van der Waals surface area contributed by atoms with Crippen LogP contribution in [0.2, 0.25) is 0 Å². The van der Waals surface area contributed by atoms with Crippen molar-refractivity contribution in [3.63, 3.8) is 0 Å². The van der Waals surface area contributed by atoms with Crippen LogP contribution in [0, 0.1) is 17.0 Å². The number of para-hydroxylation sites is 1. The molecule has 3 unspecified atom stereocenters. The molecule has 1 aliphatic heterocycles. The van der Waals surface area contributed by atoms with Gasteiger partial charge >= 0.3 is 0 Å². The van der Waals surface area contributed by atoms with Gasteiger partial charge in [-0.1, -0.05) is 26.8 Å². The first-order valence-electron chi connectivity index (χ1n) is 14.0. The number of rotatable bonds is 9. The quantitative estimate of drug-likeness (QED) is 0.293. The van der Waals surface area contributed by atoms with Crippen LogP contribution in [0.3, 0.4) is 0 Å². The van der Waals surface area contributed by atoms with E-state index < -0.39 is 46.8 Å². The van der Waals surface area contributed by atoms with E-state index in [-0.39, 0.29) is 23.6 Å². The van der Waals surface area contributed by atoms with Crippen molar-refractivity contribution in [2.45, 2.75) is 58.7 Å². The Kier molecular flexibility index (Phi) is 9.43. The van der Waals surface area contributed by atoms with Gasteiger partial charge in [0.25, 0.3) is 0 Å². The summed E-state index contributed by atoms with van der Waals surface area (Å²) >= 11 is 0. The van der Waals surface area contributed by atoms with E-state index in [0.717, 1.165) is 12.1 Å². The zero-order chi connectivity index (χ0) is 31.5. The van der Waals surface area contributed by atoms with Crippen LogP contribution in [0.25, 0.3) is 10.9 Å². The normalized spacial score (nSPS) is 16.5. The molecule has 13 heteroatoms. The first-order valence-corrected chi connectivity index (χ1v) is 14.0. The van der Waals surface area contributed by atoms with Gasteiger partial charge in [0.2, 0.25) is 23.7 Å². The van der Waals surface area contributed by atoms with Gasteiger partial charge in [-0.25, -0.2) is 13.8 Å². The van der Waals surface area contributed by atoms with Gasteiger partial charge in [0.15, 0.2) is 0 Å². The number of amides is 3. The average Bonchev–Trinajstić information content (AvgIpc) is 3.46. The number of nitrogens with one attached hydrogen (secondary N) is 4. The number of fused-ring (bicyclic) bond motifs is 1. The van der Waals surface area contributed by atoms with E-state index >= 15 is 0 Å². The van der Waals surface area contributed by atoms with Crippen molar-refractivity contribution in [2.24, 2.45) is 5.41 Å². The Labute approximate surface area is 248 Å². The average molecular weight is 598 g/mol. The minimum absolute atomic E-state index is 0.0560. The maximum Gasteiger partial charge on any atom is 0.249 e. The van der Waals surface area contributed by atoms with Crippen LogP contribution in [0.15, 0.2) is 36.4 Å². The van der Waals surface area contributed by atoms with Crippen molar-refractivity contribution in [3.05, 3.63) is 48.0 Å². The standard InChI is InChI=1S/C30H37F2N7O4/c1-16(33-5)26(40)36-24(30(2,3)4)28(42)39-14-8-11-22(39)27(41)38-29-34-21-15-17(43-6)12-13-18(21)25(37-29)35-23-19(31)9-7-10-20(23)32/h7,9-10,12-13,15-16,22,24,33H,8,11,14H2,1-6H3,(H,36,40)(H2,34,35,37,38,41). The summed E-state index contributed by atoms with van der Waals surface area (Å²) in [6, 6.07) is 6.11. The monoisotopic (exact) mass is 597 g/mol. The second-order valence-electron chi connectivity index (χ2n) is 11.5. The smallest absolute Gasteiger partial charge is 0.249 e. The predicted molar refractivity (Wildman–Crippen MR) is 159 cm³/mol. The minimum Gasteiger partial charge on any atom is -0.497 e. The van der Waals surface area contributed by atoms with Crippen LogP contribution >= 0.6 is 0 Å². The zero-order valence-corrected chi connectivity index (χ0v) is 25.0. The summed E-state index contributed by atoms with van der Waals surface area (Å²) in [7, 11) is 3.13. The van der Waals surface area contributed by atoms with Crippen molar-refractivity contribution in [1.82, 2.24) is 25.5 Å². The van der Waals surface area contributed by atoms with Crippen molar-refractivity contribution < 1.29 is 27.9 Å². The predicted octanol–water partition coefficient (Wildman–Crippen LogP) is 3.73. The number of anilines is 3. The minimum atomic E-state index is -0.875. The van der Waals surface area contributed by atoms with E-state index in [1.165, 1.54) is 18.1 Å². The third-order valence-electron chi connectivity index (χ3n) is 7.41. The number of nitrogens with zero attached hydrogens (tertiary/aromatic N) is 3. The molecule has 4 N–H and O–H groups in total. The molecule has 1 fully saturated rings. The van der Waals surface area contributed by atoms with Gasteiger partial charge in [-0.2, -0.15) is 4.98 Å². The molecule has 2 aromatic carbocycles. The van der Waals surface area contributed by atoms with E-state index in [1.54, 1.807) is 32.2 Å². The molecule has 1 saturated heterocycles. The van der Waals surface area contributed by atoms with Crippen molar-refractivity contribution >= 4 is 46.1 Å². The molecule has 230 valence electrons. The van der Waals surface area contributed by atoms with Crippen LogP contribution in [0.5, 0.6) is 5.75 Å². The Hall–Kier alpha value is -4.39. The third kappa shape index (κ3) is 6.99. The summed E-state index contributed by atoms with van der Waals surface area (Å²) in [5, 5.41) is 11.5. The number of hydrogen-bond acceptors (Lipinski definition) is 8. The molecule has 0 bridgehead atoms. The van der Waals surface area contributed by atoms with E-state index in [4.69, 9.17) is 4.74 Å². The second-order valence-corrected chi connectivity index (χ2v) is 11.5. The van der Waals surface area contributed by atoms with Crippen LogP contribution in [-0.4, -0.2) is 71.4 Å². The van der Waals surface area contributed by atoms with Crippen molar-refractivity contribution in [1.29, 1.82) is 0 Å². The van der Waals surface area contributed by atoms with Gasteiger partial charge in [-0.3, -0.25) is 19.7 Å². The molecular formula is C30H37F2N7O4. The van der Waals surface area contributed by atoms with Gasteiger partial charge in [0.05, 0.1) is 18.7 Å². The second kappa shape index (κ2) is 12.9. The number of methoxy groups -OCH3 is 1. The molecule has 11 nitrogen and oxygen atoms in total. The van der Waals surface area contributed by atoms with E-state index in [1.807, 2.05) is 20.8 Å². The van der Waals surface area contributed by atoms with Crippen LogP contribution in [-0.2, 0) is 14.4 Å². The molecule has 4 rings (SSSR count). The largest absolute Gasteiger partial charge is 0.497 e. The number of ether oxygens (including phenoxy) is 1. The van der Waals surface area contributed by atoms with Crippen molar-refractivity contribution in [2.75, 3.05) is 31.3 Å². The van der Waals surface area contributed by atoms with Crippen LogP contribution in [0.1, 0.15) is 40.5 Å². The highest BCUT2D eigenvalue weighted by Gasteiger charge is 2.42. The number of carbonyl (C=O) groups is 3. The van der Waals surface area contributed by atoms with E-state index in [2.05, 4.69) is 31.2 Å². The molecule has 0 saturated carbocycles. The summed E-state index contributed by atoms with van der Waals surface area (Å²) in [5.74, 6) is -2.48. The van der Waals surface area contributed by atoms with E-state index in [9.17, 15) is 23.2 Å². The lowest BCUT2D eigenvalue weighted by Gasteiger charge is -2.35. The fourth-order valence-corrected chi connectivity index (χ4v) is 4.83. The Morgan fingerprint density at radius 3 is 2.42 bits per heavy atom. The summed E-state index contributed by atoms with van der Waals surface area (Å²) in [6.45, 7) is 7.55. The highest BCUT2D eigenvalue weighted by Crippen LogP contribution is 2.31. The number of hydrogen-bond donors (Lipinski definition) is 4. The van der Waals surface area contributed by atoms with Crippen molar-refractivity contribution in [3.8, 4) is 5.75 Å². The Morgan fingerprint density at radius 1 is 1.09 bits per heavy atom.